The number of benzene rings is 3. The van der Waals surface area contributed by atoms with E-state index in [1.807, 2.05) is 91.0 Å². The van der Waals surface area contributed by atoms with Gasteiger partial charge in [-0.2, -0.15) is 0 Å². The molecule has 3 heterocycles. The van der Waals surface area contributed by atoms with Gasteiger partial charge < -0.3 is 5.11 Å². The summed E-state index contributed by atoms with van der Waals surface area (Å²) in [6.45, 7) is 1.52. The predicted molar refractivity (Wildman–Crippen MR) is 145 cm³/mol. The third kappa shape index (κ3) is 6.18. The molecule has 0 aliphatic carbocycles. The molecule has 0 bridgehead atoms. The zero-order chi connectivity index (χ0) is 27.8. The average molecular weight is 603 g/mol. The van der Waals surface area contributed by atoms with E-state index in [-0.39, 0.29) is 17.1 Å². The SMILES string of the molecule is OC(c1cn(Cc2ccccc2)nn1)(c1cn(Cc2ccccc2)nn1)c1cn(Cc2ccccc2)nn1.[Cl][Cu]. The van der Waals surface area contributed by atoms with E-state index in [4.69, 9.17) is 0 Å². The summed E-state index contributed by atoms with van der Waals surface area (Å²) in [5.74, 6) is 0. The van der Waals surface area contributed by atoms with Gasteiger partial charge in [0, 0.05) is 0 Å². The summed E-state index contributed by atoms with van der Waals surface area (Å²) in [5.41, 5.74) is 2.24. The van der Waals surface area contributed by atoms with Gasteiger partial charge in [-0.25, -0.2) is 14.0 Å². The first-order valence-corrected chi connectivity index (χ1v) is 13.6. The molecule has 0 saturated heterocycles. The molecule has 1 N–H and O–H groups in total. The van der Waals surface area contributed by atoms with E-state index in [2.05, 4.69) is 56.1 Å². The van der Waals surface area contributed by atoms with E-state index >= 15 is 0 Å². The molecule has 0 radical (unpaired) electrons. The van der Waals surface area contributed by atoms with Gasteiger partial charge in [-0.15, -0.1) is 15.3 Å². The maximum atomic E-state index is 12.2. The Kier molecular flexibility index (Phi) is 8.77. The Morgan fingerprint density at radius 1 is 0.525 bits per heavy atom. The number of halogens is 1. The fourth-order valence-electron chi connectivity index (χ4n) is 4.33. The summed E-state index contributed by atoms with van der Waals surface area (Å²) in [4.78, 5) is 0. The Morgan fingerprint density at radius 3 is 1.07 bits per heavy atom. The number of aliphatic hydroxyl groups is 1. The maximum absolute atomic E-state index is 12.2. The molecule has 0 aliphatic heterocycles. The second-order valence-electron chi connectivity index (χ2n) is 9.07. The van der Waals surface area contributed by atoms with Crippen LogP contribution in [0.15, 0.2) is 110 Å². The van der Waals surface area contributed by atoms with Crippen LogP contribution in [0, 0.1) is 0 Å². The molecule has 0 atom stereocenters. The van der Waals surface area contributed by atoms with Crippen molar-refractivity contribution in [2.24, 2.45) is 0 Å². The molecule has 6 rings (SSSR count). The molecule has 3 aromatic carbocycles. The van der Waals surface area contributed by atoms with Crippen LogP contribution in [0.4, 0.5) is 0 Å². The standard InChI is InChI=1S/C28H25N9O.ClH.Cu/c38-28(25-19-35(32-29-25)16-22-10-4-1-5-11-22,26-20-36(33-30-26)17-23-12-6-2-7-13-23)27-21-37(34-31-27)18-24-14-8-3-9-15-24;;/h1-15,19-21,38H,16-18H2;1H;/q;;+1/p-1. The van der Waals surface area contributed by atoms with Gasteiger partial charge >= 0.3 is 25.2 Å². The van der Waals surface area contributed by atoms with E-state index in [9.17, 15) is 5.11 Å². The normalized spacial score (nSPS) is 11.2. The van der Waals surface area contributed by atoms with Crippen molar-refractivity contribution in [3.05, 3.63) is 143 Å². The molecule has 12 heteroatoms. The van der Waals surface area contributed by atoms with Crippen molar-refractivity contribution in [1.29, 1.82) is 0 Å². The summed E-state index contributed by atoms with van der Waals surface area (Å²) in [7, 11) is 4.20. The molecule has 0 aliphatic rings. The zero-order valence-corrected chi connectivity index (χ0v) is 22.9. The van der Waals surface area contributed by atoms with Crippen molar-refractivity contribution in [1.82, 2.24) is 45.0 Å². The van der Waals surface area contributed by atoms with E-state index in [0.717, 1.165) is 16.7 Å². The van der Waals surface area contributed by atoms with E-state index < -0.39 is 5.60 Å². The quantitative estimate of drug-likeness (QED) is 0.252. The van der Waals surface area contributed by atoms with Crippen LogP contribution in [0.25, 0.3) is 0 Å². The molecule has 0 spiro atoms. The van der Waals surface area contributed by atoms with Crippen LogP contribution in [-0.2, 0) is 40.3 Å². The molecule has 0 unspecified atom stereocenters. The van der Waals surface area contributed by atoms with E-state index in [1.54, 1.807) is 32.6 Å². The number of rotatable bonds is 9. The first-order valence-electron chi connectivity index (χ1n) is 12.3. The monoisotopic (exact) mass is 601 g/mol. The van der Waals surface area contributed by atoms with Crippen LogP contribution < -0.4 is 0 Å². The van der Waals surface area contributed by atoms with Gasteiger partial charge in [0.1, 0.15) is 17.1 Å². The Bertz CT molecular complexity index is 1430. The average Bonchev–Trinajstić information content (AvgIpc) is 3.78. The topological polar surface area (TPSA) is 112 Å². The Balaban J connectivity index is 0.00000158. The van der Waals surface area contributed by atoms with Gasteiger partial charge in [0.15, 0.2) is 0 Å². The second kappa shape index (κ2) is 12.8. The number of hydrogen-bond donors (Lipinski definition) is 1. The Labute approximate surface area is 243 Å². The van der Waals surface area contributed by atoms with Crippen molar-refractivity contribution in [2.45, 2.75) is 25.2 Å². The van der Waals surface area contributed by atoms with Crippen molar-refractivity contribution in [3.63, 3.8) is 0 Å². The molecule has 206 valence electrons. The van der Waals surface area contributed by atoms with Crippen LogP contribution >= 0.6 is 10.1 Å². The summed E-state index contributed by atoms with van der Waals surface area (Å²) in [6.07, 6.45) is 5.12. The minimum atomic E-state index is -1.81. The van der Waals surface area contributed by atoms with Crippen LogP contribution in [0.3, 0.4) is 0 Å². The van der Waals surface area contributed by atoms with Gasteiger partial charge in [0.05, 0.1) is 38.2 Å². The van der Waals surface area contributed by atoms with Gasteiger partial charge in [-0.1, -0.05) is 107 Å². The molecule has 10 nitrogen and oxygen atoms in total. The first-order chi connectivity index (χ1) is 19.7. The third-order valence-corrected chi connectivity index (χ3v) is 6.29. The number of nitrogens with zero attached hydrogens (tertiary/aromatic N) is 9. The van der Waals surface area contributed by atoms with Crippen molar-refractivity contribution in [3.8, 4) is 0 Å². The van der Waals surface area contributed by atoms with E-state index in [0.29, 0.717) is 19.6 Å². The van der Waals surface area contributed by atoms with Gasteiger partial charge in [-0.05, 0) is 16.7 Å². The number of hydrogen-bond acceptors (Lipinski definition) is 7. The van der Waals surface area contributed by atoms with Crippen molar-refractivity contribution in [2.75, 3.05) is 0 Å². The molecule has 0 amide bonds. The van der Waals surface area contributed by atoms with Gasteiger partial charge in [0.25, 0.3) is 0 Å². The van der Waals surface area contributed by atoms with Gasteiger partial charge in [0.2, 0.25) is 5.60 Å². The molecular formula is C28H25ClCuN9O. The second-order valence-corrected chi connectivity index (χ2v) is 9.07. The van der Waals surface area contributed by atoms with E-state index in [1.165, 1.54) is 0 Å². The fraction of sp³-hybridized carbons (Fsp3) is 0.143. The van der Waals surface area contributed by atoms with Crippen molar-refractivity contribution >= 4 is 10.1 Å². The predicted octanol–water partition coefficient (Wildman–Crippen LogP) is 3.58. The van der Waals surface area contributed by atoms with Crippen LogP contribution in [0.2, 0.25) is 0 Å². The summed E-state index contributed by atoms with van der Waals surface area (Å²) in [6, 6.07) is 29.8. The summed E-state index contributed by atoms with van der Waals surface area (Å²) in [5, 5.41) is 38.0. The molecule has 40 heavy (non-hydrogen) atoms. The molecular weight excluding hydrogens is 577 g/mol. The van der Waals surface area contributed by atoms with Crippen LogP contribution in [0.5, 0.6) is 0 Å². The Hall–Kier alpha value is -4.15. The van der Waals surface area contributed by atoms with Crippen molar-refractivity contribution < 1.29 is 20.2 Å². The summed E-state index contributed by atoms with van der Waals surface area (Å²) >= 11 is 3.66. The third-order valence-electron chi connectivity index (χ3n) is 6.29. The zero-order valence-electron chi connectivity index (χ0n) is 21.2. The minimum absolute atomic E-state index is 0.284. The summed E-state index contributed by atoms with van der Waals surface area (Å²) < 4.78 is 5.04. The van der Waals surface area contributed by atoms with Gasteiger partial charge in [-0.3, -0.25) is 0 Å². The van der Waals surface area contributed by atoms with Crippen LogP contribution in [-0.4, -0.2) is 50.1 Å². The fourth-order valence-corrected chi connectivity index (χ4v) is 4.33. The number of aromatic nitrogens is 9. The van der Waals surface area contributed by atoms with Crippen LogP contribution in [0.1, 0.15) is 33.8 Å². The molecule has 6 aromatic rings. The first kappa shape index (κ1) is 27.4. The Morgan fingerprint density at radius 2 is 0.800 bits per heavy atom. The molecule has 0 saturated carbocycles. The molecule has 0 fully saturated rings. The molecule has 3 aromatic heterocycles.